The molecule has 0 saturated heterocycles. The SMILES string of the molecule is CCc1c(C)c(C(=O)NCc2ccc3c(c2)OCO3)n(CC)c1C. The van der Waals surface area contributed by atoms with Gasteiger partial charge < -0.3 is 19.4 Å². The van der Waals surface area contributed by atoms with Crippen molar-refractivity contribution < 1.29 is 14.3 Å². The zero-order valence-corrected chi connectivity index (χ0v) is 14.7. The lowest BCUT2D eigenvalue weighted by atomic mass is 10.1. The average Bonchev–Trinajstić information content (AvgIpc) is 3.13. The van der Waals surface area contributed by atoms with E-state index >= 15 is 0 Å². The van der Waals surface area contributed by atoms with E-state index in [-0.39, 0.29) is 12.7 Å². The molecule has 5 nitrogen and oxygen atoms in total. The minimum Gasteiger partial charge on any atom is -0.454 e. The topological polar surface area (TPSA) is 52.5 Å². The van der Waals surface area contributed by atoms with Crippen molar-refractivity contribution >= 4 is 5.91 Å². The molecule has 1 aliphatic rings. The van der Waals surface area contributed by atoms with Crippen LogP contribution in [0.5, 0.6) is 11.5 Å². The van der Waals surface area contributed by atoms with Crippen molar-refractivity contribution in [3.63, 3.8) is 0 Å². The Morgan fingerprint density at radius 1 is 1.21 bits per heavy atom. The van der Waals surface area contributed by atoms with Crippen LogP contribution in [0.25, 0.3) is 0 Å². The molecule has 2 heterocycles. The normalized spacial score (nSPS) is 12.5. The van der Waals surface area contributed by atoms with E-state index in [1.54, 1.807) is 0 Å². The van der Waals surface area contributed by atoms with Gasteiger partial charge in [0.25, 0.3) is 5.91 Å². The van der Waals surface area contributed by atoms with Gasteiger partial charge in [-0.2, -0.15) is 0 Å². The van der Waals surface area contributed by atoms with Gasteiger partial charge in [0.15, 0.2) is 11.5 Å². The molecule has 0 bridgehead atoms. The highest BCUT2D eigenvalue weighted by Gasteiger charge is 2.21. The maximum absolute atomic E-state index is 12.7. The van der Waals surface area contributed by atoms with E-state index in [0.717, 1.165) is 41.3 Å². The maximum atomic E-state index is 12.7. The molecule has 1 N–H and O–H groups in total. The highest BCUT2D eigenvalue weighted by atomic mass is 16.7. The fourth-order valence-electron chi connectivity index (χ4n) is 3.47. The van der Waals surface area contributed by atoms with Crippen LogP contribution < -0.4 is 14.8 Å². The molecular weight excluding hydrogens is 304 g/mol. The lowest BCUT2D eigenvalue weighted by molar-refractivity contribution is 0.0940. The Bertz CT molecular complexity index is 777. The maximum Gasteiger partial charge on any atom is 0.268 e. The van der Waals surface area contributed by atoms with Gasteiger partial charge in [0.05, 0.1) is 0 Å². The van der Waals surface area contributed by atoms with Crippen LogP contribution >= 0.6 is 0 Å². The fourth-order valence-corrected chi connectivity index (χ4v) is 3.47. The summed E-state index contributed by atoms with van der Waals surface area (Å²) in [6.45, 7) is 9.83. The second-order valence-corrected chi connectivity index (χ2v) is 6.01. The third-order valence-corrected chi connectivity index (χ3v) is 4.69. The second kappa shape index (κ2) is 6.59. The molecule has 1 aromatic heterocycles. The van der Waals surface area contributed by atoms with Gasteiger partial charge in [0.1, 0.15) is 5.69 Å². The lowest BCUT2D eigenvalue weighted by Crippen LogP contribution is -2.26. The molecule has 0 saturated carbocycles. The number of rotatable bonds is 5. The summed E-state index contributed by atoms with van der Waals surface area (Å²) in [5, 5.41) is 3.03. The van der Waals surface area contributed by atoms with Gasteiger partial charge in [0.2, 0.25) is 6.79 Å². The molecule has 0 unspecified atom stereocenters. The Morgan fingerprint density at radius 3 is 2.67 bits per heavy atom. The standard InChI is InChI=1S/C19H24N2O3/c1-5-15-12(3)18(21(6-2)13(15)4)19(22)20-10-14-7-8-16-17(9-14)24-11-23-16/h7-9H,5-6,10-11H2,1-4H3,(H,20,22). The molecule has 2 aromatic rings. The molecule has 0 radical (unpaired) electrons. The summed E-state index contributed by atoms with van der Waals surface area (Å²) < 4.78 is 12.8. The smallest absolute Gasteiger partial charge is 0.268 e. The van der Waals surface area contributed by atoms with Gasteiger partial charge in [-0.25, -0.2) is 0 Å². The molecule has 0 spiro atoms. The Balaban J connectivity index is 1.78. The molecule has 1 aromatic carbocycles. The number of fused-ring (bicyclic) bond motifs is 1. The number of carbonyl (C=O) groups excluding carboxylic acids is 1. The third kappa shape index (κ3) is 2.75. The van der Waals surface area contributed by atoms with Crippen LogP contribution in [-0.2, 0) is 19.5 Å². The summed E-state index contributed by atoms with van der Waals surface area (Å²) in [6, 6.07) is 5.74. The van der Waals surface area contributed by atoms with E-state index in [2.05, 4.69) is 30.7 Å². The predicted molar refractivity (Wildman–Crippen MR) is 92.7 cm³/mol. The van der Waals surface area contributed by atoms with Crippen molar-refractivity contribution in [2.75, 3.05) is 6.79 Å². The number of nitrogens with zero attached hydrogens (tertiary/aromatic N) is 1. The van der Waals surface area contributed by atoms with Crippen LogP contribution in [0, 0.1) is 13.8 Å². The van der Waals surface area contributed by atoms with E-state index in [9.17, 15) is 4.79 Å². The van der Waals surface area contributed by atoms with E-state index in [1.165, 1.54) is 11.3 Å². The molecule has 1 aliphatic heterocycles. The molecule has 24 heavy (non-hydrogen) atoms. The lowest BCUT2D eigenvalue weighted by Gasteiger charge is -2.11. The first-order valence-corrected chi connectivity index (χ1v) is 8.42. The minimum absolute atomic E-state index is 0.0326. The number of benzene rings is 1. The highest BCUT2D eigenvalue weighted by molar-refractivity contribution is 5.95. The van der Waals surface area contributed by atoms with Gasteiger partial charge in [-0.15, -0.1) is 0 Å². The number of carbonyl (C=O) groups is 1. The number of hydrogen-bond acceptors (Lipinski definition) is 3. The Morgan fingerprint density at radius 2 is 1.96 bits per heavy atom. The number of nitrogens with one attached hydrogen (secondary N) is 1. The van der Waals surface area contributed by atoms with Crippen LogP contribution in [0.4, 0.5) is 0 Å². The first-order chi connectivity index (χ1) is 11.6. The van der Waals surface area contributed by atoms with Crippen molar-refractivity contribution in [2.45, 2.75) is 47.2 Å². The summed E-state index contributed by atoms with van der Waals surface area (Å²) in [7, 11) is 0. The fraction of sp³-hybridized carbons (Fsp3) is 0.421. The van der Waals surface area contributed by atoms with E-state index in [1.807, 2.05) is 25.1 Å². The van der Waals surface area contributed by atoms with Gasteiger partial charge in [-0.05, 0) is 56.0 Å². The van der Waals surface area contributed by atoms with Gasteiger partial charge in [-0.1, -0.05) is 13.0 Å². The zero-order chi connectivity index (χ0) is 17.3. The molecule has 0 fully saturated rings. The molecule has 1 amide bonds. The number of ether oxygens (including phenoxy) is 2. The Labute approximate surface area is 142 Å². The van der Waals surface area contributed by atoms with Crippen molar-refractivity contribution in [2.24, 2.45) is 0 Å². The molecule has 128 valence electrons. The van der Waals surface area contributed by atoms with Gasteiger partial charge in [0, 0.05) is 18.8 Å². The Hall–Kier alpha value is -2.43. The van der Waals surface area contributed by atoms with Crippen LogP contribution in [0.15, 0.2) is 18.2 Å². The summed E-state index contributed by atoms with van der Waals surface area (Å²) in [5.74, 6) is 1.46. The van der Waals surface area contributed by atoms with Crippen molar-refractivity contribution in [1.82, 2.24) is 9.88 Å². The van der Waals surface area contributed by atoms with E-state index < -0.39 is 0 Å². The minimum atomic E-state index is -0.0326. The van der Waals surface area contributed by atoms with Crippen molar-refractivity contribution in [1.29, 1.82) is 0 Å². The van der Waals surface area contributed by atoms with Crippen LogP contribution in [0.2, 0.25) is 0 Å². The molecule has 0 aliphatic carbocycles. The summed E-state index contributed by atoms with van der Waals surface area (Å²) in [6.07, 6.45) is 0.938. The van der Waals surface area contributed by atoms with E-state index in [0.29, 0.717) is 6.54 Å². The molecule has 0 atom stereocenters. The largest absolute Gasteiger partial charge is 0.454 e. The highest BCUT2D eigenvalue weighted by Crippen LogP contribution is 2.32. The van der Waals surface area contributed by atoms with Crippen molar-refractivity contribution in [3.05, 3.63) is 46.3 Å². The average molecular weight is 328 g/mol. The Kier molecular flexibility index (Phi) is 4.51. The second-order valence-electron chi connectivity index (χ2n) is 6.01. The van der Waals surface area contributed by atoms with E-state index in [4.69, 9.17) is 9.47 Å². The summed E-state index contributed by atoms with van der Waals surface area (Å²) >= 11 is 0. The predicted octanol–water partition coefficient (Wildman–Crippen LogP) is 3.35. The molecule has 3 rings (SSSR count). The zero-order valence-electron chi connectivity index (χ0n) is 14.7. The van der Waals surface area contributed by atoms with Crippen LogP contribution in [-0.4, -0.2) is 17.3 Å². The quantitative estimate of drug-likeness (QED) is 0.916. The van der Waals surface area contributed by atoms with Crippen LogP contribution in [0.3, 0.4) is 0 Å². The first-order valence-electron chi connectivity index (χ1n) is 8.42. The molecular formula is C19H24N2O3. The van der Waals surface area contributed by atoms with Gasteiger partial charge in [-0.3, -0.25) is 4.79 Å². The third-order valence-electron chi connectivity index (χ3n) is 4.69. The summed E-state index contributed by atoms with van der Waals surface area (Å²) in [4.78, 5) is 12.7. The summed E-state index contributed by atoms with van der Waals surface area (Å²) in [5.41, 5.74) is 5.30. The molecule has 5 heteroatoms. The van der Waals surface area contributed by atoms with Crippen molar-refractivity contribution in [3.8, 4) is 11.5 Å². The first kappa shape index (κ1) is 16.4. The van der Waals surface area contributed by atoms with Crippen LogP contribution in [0.1, 0.15) is 46.7 Å². The number of aromatic nitrogens is 1. The monoisotopic (exact) mass is 328 g/mol. The number of hydrogen-bond donors (Lipinski definition) is 1. The van der Waals surface area contributed by atoms with Gasteiger partial charge >= 0.3 is 0 Å². The number of amides is 1.